The quantitative estimate of drug-likeness (QED) is 0.906. The van der Waals surface area contributed by atoms with Crippen LogP contribution in [0.4, 0.5) is 0 Å². The number of carbonyl (C=O) groups is 1. The van der Waals surface area contributed by atoms with Crippen molar-refractivity contribution in [2.75, 3.05) is 26.2 Å². The molecular formula is C19H21ClN2O2. The van der Waals surface area contributed by atoms with Crippen LogP contribution in [0, 0.1) is 0 Å². The van der Waals surface area contributed by atoms with Crippen LogP contribution in [0.3, 0.4) is 0 Å². The summed E-state index contributed by atoms with van der Waals surface area (Å²) in [5, 5.41) is 3.38. The zero-order chi connectivity index (χ0) is 16.8. The minimum absolute atomic E-state index is 0.00565. The predicted octanol–water partition coefficient (Wildman–Crippen LogP) is 2.97. The molecule has 0 aromatic heterocycles. The maximum absolute atomic E-state index is 12.2. The second kappa shape index (κ2) is 8.29. The van der Waals surface area contributed by atoms with E-state index in [1.54, 1.807) is 18.2 Å². The molecule has 1 amide bonds. The van der Waals surface area contributed by atoms with Gasteiger partial charge in [-0.3, -0.25) is 9.69 Å². The van der Waals surface area contributed by atoms with Crippen molar-refractivity contribution in [1.82, 2.24) is 10.2 Å². The van der Waals surface area contributed by atoms with Gasteiger partial charge in [0.1, 0.15) is 0 Å². The minimum atomic E-state index is -0.163. The molecule has 1 N–H and O–H groups in total. The molecule has 24 heavy (non-hydrogen) atoms. The maximum atomic E-state index is 12.2. The molecule has 2 aromatic rings. The van der Waals surface area contributed by atoms with Crippen molar-refractivity contribution in [3.8, 4) is 0 Å². The van der Waals surface area contributed by atoms with Gasteiger partial charge in [0.15, 0.2) is 0 Å². The van der Waals surface area contributed by atoms with E-state index in [1.807, 2.05) is 12.1 Å². The van der Waals surface area contributed by atoms with Crippen LogP contribution in [0.25, 0.3) is 0 Å². The molecule has 1 atom stereocenters. The number of amides is 1. The van der Waals surface area contributed by atoms with Crippen LogP contribution >= 0.6 is 11.6 Å². The third-order valence-electron chi connectivity index (χ3n) is 4.08. The van der Waals surface area contributed by atoms with E-state index in [0.29, 0.717) is 23.7 Å². The van der Waals surface area contributed by atoms with Crippen LogP contribution in [0.15, 0.2) is 54.6 Å². The summed E-state index contributed by atoms with van der Waals surface area (Å²) >= 11 is 6.05. The number of hydrogen-bond acceptors (Lipinski definition) is 3. The van der Waals surface area contributed by atoms with Crippen molar-refractivity contribution >= 4 is 17.5 Å². The van der Waals surface area contributed by atoms with E-state index in [1.165, 1.54) is 5.56 Å². The summed E-state index contributed by atoms with van der Waals surface area (Å²) in [5.74, 6) is -0.163. The Labute approximate surface area is 147 Å². The van der Waals surface area contributed by atoms with Crippen molar-refractivity contribution in [2.45, 2.75) is 12.6 Å². The molecule has 1 fully saturated rings. The van der Waals surface area contributed by atoms with Crippen molar-refractivity contribution in [1.29, 1.82) is 0 Å². The first-order valence-corrected chi connectivity index (χ1v) is 8.51. The summed E-state index contributed by atoms with van der Waals surface area (Å²) in [6.45, 7) is 3.77. The highest BCUT2D eigenvalue weighted by Crippen LogP contribution is 2.15. The van der Waals surface area contributed by atoms with Gasteiger partial charge >= 0.3 is 0 Å². The van der Waals surface area contributed by atoms with Crippen molar-refractivity contribution < 1.29 is 9.53 Å². The van der Waals surface area contributed by atoms with E-state index in [9.17, 15) is 4.79 Å². The molecule has 1 heterocycles. The molecule has 1 aliphatic heterocycles. The smallest absolute Gasteiger partial charge is 0.252 e. The summed E-state index contributed by atoms with van der Waals surface area (Å²) < 4.78 is 5.77. The molecule has 0 bridgehead atoms. The van der Waals surface area contributed by atoms with Gasteiger partial charge in [0.25, 0.3) is 5.91 Å². The Kier molecular flexibility index (Phi) is 5.86. The predicted molar refractivity (Wildman–Crippen MR) is 95.2 cm³/mol. The lowest BCUT2D eigenvalue weighted by Crippen LogP contribution is -2.47. The molecule has 0 aliphatic carbocycles. The molecule has 126 valence electrons. The number of nitrogens with zero attached hydrogens (tertiary/aromatic N) is 1. The van der Waals surface area contributed by atoms with Crippen LogP contribution in [-0.2, 0) is 11.3 Å². The molecule has 0 radical (unpaired) electrons. The fourth-order valence-electron chi connectivity index (χ4n) is 2.84. The molecule has 1 saturated heterocycles. The Balaban J connectivity index is 1.50. The van der Waals surface area contributed by atoms with Crippen molar-refractivity contribution in [3.63, 3.8) is 0 Å². The molecule has 1 aliphatic rings. The number of rotatable bonds is 5. The Morgan fingerprint density at radius 1 is 1.17 bits per heavy atom. The van der Waals surface area contributed by atoms with E-state index in [0.717, 1.165) is 19.6 Å². The lowest BCUT2D eigenvalue weighted by atomic mass is 10.2. The third-order valence-corrected chi connectivity index (χ3v) is 4.41. The first-order valence-electron chi connectivity index (χ1n) is 8.13. The van der Waals surface area contributed by atoms with Crippen molar-refractivity contribution in [2.24, 2.45) is 0 Å². The number of morpholine rings is 1. The molecular weight excluding hydrogens is 324 g/mol. The first-order chi connectivity index (χ1) is 11.7. The van der Waals surface area contributed by atoms with Gasteiger partial charge in [0, 0.05) is 26.2 Å². The second-order valence-electron chi connectivity index (χ2n) is 5.90. The zero-order valence-corrected chi connectivity index (χ0v) is 14.2. The number of halogens is 1. The second-order valence-corrected chi connectivity index (χ2v) is 6.31. The number of carbonyl (C=O) groups excluding carboxylic acids is 1. The molecule has 0 spiro atoms. The van der Waals surface area contributed by atoms with Crippen LogP contribution < -0.4 is 5.32 Å². The lowest BCUT2D eigenvalue weighted by Gasteiger charge is -2.33. The highest BCUT2D eigenvalue weighted by molar-refractivity contribution is 6.33. The summed E-state index contributed by atoms with van der Waals surface area (Å²) in [6, 6.07) is 17.4. The summed E-state index contributed by atoms with van der Waals surface area (Å²) in [4.78, 5) is 14.6. The van der Waals surface area contributed by atoms with E-state index < -0.39 is 0 Å². The van der Waals surface area contributed by atoms with Gasteiger partial charge in [0.05, 0.1) is 23.3 Å². The normalized spacial score (nSPS) is 18.3. The molecule has 3 rings (SSSR count). The number of benzene rings is 2. The van der Waals surface area contributed by atoms with Gasteiger partial charge < -0.3 is 10.1 Å². The molecule has 4 nitrogen and oxygen atoms in total. The summed E-state index contributed by atoms with van der Waals surface area (Å²) in [5.41, 5.74) is 1.79. The van der Waals surface area contributed by atoms with Gasteiger partial charge in [-0.25, -0.2) is 0 Å². The van der Waals surface area contributed by atoms with Crippen LogP contribution in [-0.4, -0.2) is 43.2 Å². The molecule has 0 saturated carbocycles. The summed E-state index contributed by atoms with van der Waals surface area (Å²) in [6.07, 6.45) is -0.00565. The topological polar surface area (TPSA) is 41.6 Å². The fraction of sp³-hybridized carbons (Fsp3) is 0.316. The molecule has 2 aromatic carbocycles. The van der Waals surface area contributed by atoms with Crippen LogP contribution in [0.5, 0.6) is 0 Å². The highest BCUT2D eigenvalue weighted by Gasteiger charge is 2.21. The fourth-order valence-corrected chi connectivity index (χ4v) is 3.06. The Morgan fingerprint density at radius 2 is 1.92 bits per heavy atom. The van der Waals surface area contributed by atoms with Crippen LogP contribution in [0.1, 0.15) is 15.9 Å². The number of nitrogens with one attached hydrogen (secondary N) is 1. The highest BCUT2D eigenvalue weighted by atomic mass is 35.5. The van der Waals surface area contributed by atoms with Gasteiger partial charge in [-0.1, -0.05) is 54.1 Å². The average molecular weight is 345 g/mol. The number of ether oxygens (including phenoxy) is 1. The van der Waals surface area contributed by atoms with E-state index in [2.05, 4.69) is 34.5 Å². The monoisotopic (exact) mass is 344 g/mol. The van der Waals surface area contributed by atoms with E-state index in [4.69, 9.17) is 16.3 Å². The van der Waals surface area contributed by atoms with Gasteiger partial charge in [-0.15, -0.1) is 0 Å². The Morgan fingerprint density at radius 3 is 2.71 bits per heavy atom. The van der Waals surface area contributed by atoms with E-state index >= 15 is 0 Å². The van der Waals surface area contributed by atoms with Gasteiger partial charge in [0.2, 0.25) is 0 Å². The number of hydrogen-bond donors (Lipinski definition) is 1. The first kappa shape index (κ1) is 17.0. The lowest BCUT2D eigenvalue weighted by molar-refractivity contribution is -0.0292. The molecule has 5 heteroatoms. The Bertz CT molecular complexity index is 678. The molecule has 1 unspecified atom stereocenters. The largest absolute Gasteiger partial charge is 0.374 e. The third kappa shape index (κ3) is 4.57. The minimum Gasteiger partial charge on any atom is -0.374 e. The van der Waals surface area contributed by atoms with Gasteiger partial charge in [-0.05, 0) is 17.7 Å². The van der Waals surface area contributed by atoms with E-state index in [-0.39, 0.29) is 12.0 Å². The SMILES string of the molecule is O=C(NCC1CN(Cc2ccccc2)CCO1)c1ccccc1Cl. The van der Waals surface area contributed by atoms with Crippen LogP contribution in [0.2, 0.25) is 5.02 Å². The Hall–Kier alpha value is -1.88. The average Bonchev–Trinajstić information content (AvgIpc) is 2.61. The van der Waals surface area contributed by atoms with Crippen molar-refractivity contribution in [3.05, 3.63) is 70.7 Å². The van der Waals surface area contributed by atoms with Gasteiger partial charge in [-0.2, -0.15) is 0 Å². The zero-order valence-electron chi connectivity index (χ0n) is 13.5. The maximum Gasteiger partial charge on any atom is 0.252 e. The standard InChI is InChI=1S/C19H21ClN2O2/c20-18-9-5-4-8-17(18)19(23)21-12-16-14-22(10-11-24-16)13-15-6-2-1-3-7-15/h1-9,16H,10-14H2,(H,21,23). The summed E-state index contributed by atoms with van der Waals surface area (Å²) in [7, 11) is 0.